The molecule has 0 radical (unpaired) electrons. The van der Waals surface area contributed by atoms with Crippen LogP contribution in [0.1, 0.15) is 18.6 Å². The van der Waals surface area contributed by atoms with Gasteiger partial charge in [0.1, 0.15) is 11.9 Å². The first-order valence-corrected chi connectivity index (χ1v) is 6.70. The number of hydrogen-bond acceptors (Lipinski definition) is 2. The zero-order valence-corrected chi connectivity index (χ0v) is 12.2. The minimum atomic E-state index is -0.0778. The van der Waals surface area contributed by atoms with E-state index < -0.39 is 0 Å². The van der Waals surface area contributed by atoms with E-state index in [2.05, 4.69) is 15.9 Å². The van der Waals surface area contributed by atoms with Crippen molar-refractivity contribution in [1.29, 1.82) is 0 Å². The summed E-state index contributed by atoms with van der Waals surface area (Å²) in [6.45, 7) is 1.98. The zero-order valence-electron chi connectivity index (χ0n) is 9.86. The normalized spacial score (nSPS) is 12.2. The predicted octanol–water partition coefficient (Wildman–Crippen LogP) is 4.82. The summed E-state index contributed by atoms with van der Waals surface area (Å²) in [7, 11) is 0. The van der Waals surface area contributed by atoms with Crippen molar-refractivity contribution in [2.45, 2.75) is 13.0 Å². The maximum Gasteiger partial charge on any atom is 0.134 e. The molecule has 0 aliphatic carbocycles. The van der Waals surface area contributed by atoms with Crippen LogP contribution in [0.3, 0.4) is 0 Å². The molecule has 0 saturated carbocycles. The average molecular weight is 327 g/mol. The predicted molar refractivity (Wildman–Crippen MR) is 79.0 cm³/mol. The lowest BCUT2D eigenvalue weighted by molar-refractivity contribution is 0.225. The Morgan fingerprint density at radius 2 is 2.00 bits per heavy atom. The summed E-state index contributed by atoms with van der Waals surface area (Å²) in [5.74, 6) is 0.759. The molecule has 94 valence electrons. The fourth-order valence-electron chi connectivity index (χ4n) is 1.64. The van der Waals surface area contributed by atoms with Crippen LogP contribution in [0.4, 0.5) is 5.69 Å². The van der Waals surface area contributed by atoms with Crippen molar-refractivity contribution >= 4 is 33.2 Å². The van der Waals surface area contributed by atoms with E-state index in [1.165, 1.54) is 0 Å². The van der Waals surface area contributed by atoms with E-state index in [4.69, 9.17) is 22.1 Å². The molecule has 2 aromatic rings. The van der Waals surface area contributed by atoms with E-state index in [0.29, 0.717) is 5.02 Å². The van der Waals surface area contributed by atoms with Crippen LogP contribution in [-0.2, 0) is 0 Å². The summed E-state index contributed by atoms with van der Waals surface area (Å²) in [6.07, 6.45) is -0.0778. The molecule has 2 aromatic carbocycles. The van der Waals surface area contributed by atoms with Gasteiger partial charge in [-0.15, -0.1) is 0 Å². The third-order valence-corrected chi connectivity index (χ3v) is 3.43. The van der Waals surface area contributed by atoms with E-state index in [0.717, 1.165) is 21.5 Å². The van der Waals surface area contributed by atoms with Gasteiger partial charge in [-0.2, -0.15) is 0 Å². The van der Waals surface area contributed by atoms with Gasteiger partial charge in [0, 0.05) is 10.7 Å². The van der Waals surface area contributed by atoms with Crippen LogP contribution in [-0.4, -0.2) is 0 Å². The fraction of sp³-hybridized carbons (Fsp3) is 0.143. The summed E-state index contributed by atoms with van der Waals surface area (Å²) in [5, 5.41) is 0.672. The van der Waals surface area contributed by atoms with Gasteiger partial charge in [0.2, 0.25) is 0 Å². The molecule has 0 aromatic heterocycles. The Hall–Kier alpha value is -1.19. The molecule has 0 heterocycles. The molecule has 1 atom stereocenters. The Kier molecular flexibility index (Phi) is 4.15. The summed E-state index contributed by atoms with van der Waals surface area (Å²) in [6, 6.07) is 13.1. The second-order valence-corrected chi connectivity index (χ2v) is 5.30. The zero-order chi connectivity index (χ0) is 13.1. The van der Waals surface area contributed by atoms with Crippen LogP contribution in [0.5, 0.6) is 5.75 Å². The van der Waals surface area contributed by atoms with E-state index in [-0.39, 0.29) is 6.10 Å². The summed E-state index contributed by atoms with van der Waals surface area (Å²) < 4.78 is 6.72. The maximum atomic E-state index is 5.89. The first-order valence-electron chi connectivity index (χ1n) is 5.53. The molecule has 1 unspecified atom stereocenters. The molecule has 0 saturated heterocycles. The average Bonchev–Trinajstić information content (AvgIpc) is 2.32. The van der Waals surface area contributed by atoms with Gasteiger partial charge < -0.3 is 10.5 Å². The lowest BCUT2D eigenvalue weighted by Crippen LogP contribution is -2.04. The molecule has 2 N–H and O–H groups in total. The Bertz CT molecular complexity index is 559. The Morgan fingerprint density at radius 3 is 2.67 bits per heavy atom. The molecule has 0 aliphatic heterocycles. The van der Waals surface area contributed by atoms with Gasteiger partial charge in [-0.3, -0.25) is 0 Å². The van der Waals surface area contributed by atoms with Crippen LogP contribution >= 0.6 is 27.5 Å². The van der Waals surface area contributed by atoms with Gasteiger partial charge in [-0.05, 0) is 58.7 Å². The number of benzene rings is 2. The van der Waals surface area contributed by atoms with Crippen molar-refractivity contribution in [2.24, 2.45) is 0 Å². The van der Waals surface area contributed by atoms with Gasteiger partial charge in [-0.1, -0.05) is 23.7 Å². The molecule has 0 spiro atoms. The van der Waals surface area contributed by atoms with Gasteiger partial charge in [-0.25, -0.2) is 0 Å². The Balaban J connectivity index is 2.18. The second kappa shape index (κ2) is 5.63. The first kappa shape index (κ1) is 13.2. The van der Waals surface area contributed by atoms with E-state index in [1.54, 1.807) is 6.07 Å². The number of halogens is 2. The Labute approximate surface area is 120 Å². The van der Waals surface area contributed by atoms with E-state index in [9.17, 15) is 0 Å². The van der Waals surface area contributed by atoms with Crippen molar-refractivity contribution in [1.82, 2.24) is 0 Å². The second-order valence-electron chi connectivity index (χ2n) is 4.00. The molecule has 0 bridgehead atoms. The fourth-order valence-corrected chi connectivity index (χ4v) is 2.42. The maximum absolute atomic E-state index is 5.89. The molecule has 4 heteroatoms. The van der Waals surface area contributed by atoms with Crippen LogP contribution in [0.15, 0.2) is 46.9 Å². The largest absolute Gasteiger partial charge is 0.485 e. The van der Waals surface area contributed by atoms with Gasteiger partial charge in [0.05, 0.1) is 4.47 Å². The van der Waals surface area contributed by atoms with Crippen molar-refractivity contribution in [3.05, 3.63) is 57.5 Å². The molecule has 18 heavy (non-hydrogen) atoms. The highest BCUT2D eigenvalue weighted by atomic mass is 79.9. The third kappa shape index (κ3) is 3.18. The van der Waals surface area contributed by atoms with Crippen LogP contribution in [0.2, 0.25) is 5.02 Å². The van der Waals surface area contributed by atoms with E-state index in [1.807, 2.05) is 43.3 Å². The molecule has 2 nitrogen and oxygen atoms in total. The van der Waals surface area contributed by atoms with Gasteiger partial charge in [0.25, 0.3) is 0 Å². The third-order valence-electron chi connectivity index (χ3n) is 2.58. The van der Waals surface area contributed by atoms with Gasteiger partial charge in [0.15, 0.2) is 0 Å². The first-order chi connectivity index (χ1) is 8.56. The van der Waals surface area contributed by atoms with Crippen LogP contribution < -0.4 is 10.5 Å². The number of hydrogen-bond donors (Lipinski definition) is 1. The number of nitrogens with two attached hydrogens (primary N) is 1. The lowest BCUT2D eigenvalue weighted by atomic mass is 10.1. The minimum absolute atomic E-state index is 0.0778. The van der Waals surface area contributed by atoms with Gasteiger partial charge >= 0.3 is 0 Å². The van der Waals surface area contributed by atoms with Crippen LogP contribution in [0.25, 0.3) is 0 Å². The summed E-state index contributed by atoms with van der Waals surface area (Å²) in [5.41, 5.74) is 7.53. The molecular weight excluding hydrogens is 314 g/mol. The highest BCUT2D eigenvalue weighted by molar-refractivity contribution is 9.10. The SMILES string of the molecule is CC(Oc1ccc(Cl)cc1Br)c1cccc(N)c1. The number of anilines is 1. The number of nitrogen functional groups attached to an aromatic ring is 1. The highest BCUT2D eigenvalue weighted by Gasteiger charge is 2.10. The van der Waals surface area contributed by atoms with Crippen molar-refractivity contribution in [3.8, 4) is 5.75 Å². The topological polar surface area (TPSA) is 35.2 Å². The Morgan fingerprint density at radius 1 is 1.22 bits per heavy atom. The number of rotatable bonds is 3. The quantitative estimate of drug-likeness (QED) is 0.820. The summed E-state index contributed by atoms with van der Waals surface area (Å²) in [4.78, 5) is 0. The van der Waals surface area contributed by atoms with Crippen molar-refractivity contribution < 1.29 is 4.74 Å². The standard InChI is InChI=1S/C14H13BrClNO/c1-9(10-3-2-4-12(17)7-10)18-14-6-5-11(16)8-13(14)15/h2-9H,17H2,1H3. The number of ether oxygens (including phenoxy) is 1. The smallest absolute Gasteiger partial charge is 0.134 e. The van der Waals surface area contributed by atoms with Crippen molar-refractivity contribution in [2.75, 3.05) is 5.73 Å². The molecule has 0 fully saturated rings. The minimum Gasteiger partial charge on any atom is -0.485 e. The highest BCUT2D eigenvalue weighted by Crippen LogP contribution is 2.31. The lowest BCUT2D eigenvalue weighted by Gasteiger charge is -2.16. The van der Waals surface area contributed by atoms with E-state index >= 15 is 0 Å². The molecule has 0 amide bonds. The molecule has 0 aliphatic rings. The molecule has 2 rings (SSSR count). The van der Waals surface area contributed by atoms with Crippen molar-refractivity contribution in [3.63, 3.8) is 0 Å². The summed E-state index contributed by atoms with van der Waals surface area (Å²) >= 11 is 9.32. The molecular formula is C14H13BrClNO. The van der Waals surface area contributed by atoms with Crippen LogP contribution in [0, 0.1) is 0 Å². The monoisotopic (exact) mass is 325 g/mol.